The fourth-order valence-corrected chi connectivity index (χ4v) is 5.33. The van der Waals surface area contributed by atoms with Gasteiger partial charge in [0.1, 0.15) is 13.2 Å². The molecule has 0 aromatic heterocycles. The van der Waals surface area contributed by atoms with Gasteiger partial charge in [-0.05, 0) is 55.8 Å². The van der Waals surface area contributed by atoms with E-state index in [1.54, 1.807) is 0 Å². The minimum absolute atomic E-state index is 0.220. The van der Waals surface area contributed by atoms with E-state index in [0.29, 0.717) is 31.0 Å². The molecule has 2 bridgehead atoms. The predicted octanol–water partition coefficient (Wildman–Crippen LogP) is 2.89. The molecule has 3 rings (SSSR count). The van der Waals surface area contributed by atoms with Crippen molar-refractivity contribution in [3.8, 4) is 0 Å². The molecule has 22 heavy (non-hydrogen) atoms. The summed E-state index contributed by atoms with van der Waals surface area (Å²) in [7, 11) is 0. The molecule has 4 atom stereocenters. The lowest BCUT2D eigenvalue weighted by atomic mass is 9.69. The molecule has 0 saturated heterocycles. The van der Waals surface area contributed by atoms with E-state index in [2.05, 4.69) is 13.2 Å². The molecule has 120 valence electrons. The largest absolute Gasteiger partial charge is 0.462 e. The Bertz CT molecular complexity index is 471. The number of ether oxygens (including phenoxy) is 2. The minimum atomic E-state index is -0.402. The van der Waals surface area contributed by atoms with Gasteiger partial charge in [-0.3, -0.25) is 0 Å². The fraction of sp³-hybridized carbons (Fsp3) is 0.667. The topological polar surface area (TPSA) is 52.6 Å². The van der Waals surface area contributed by atoms with Crippen LogP contribution in [0.2, 0.25) is 0 Å². The number of carbonyl (C=O) groups excluding carboxylic acids is 2. The number of hydrogen-bond donors (Lipinski definition) is 0. The molecule has 4 nitrogen and oxygen atoms in total. The van der Waals surface area contributed by atoms with E-state index in [0.717, 1.165) is 18.8 Å². The predicted molar refractivity (Wildman–Crippen MR) is 81.8 cm³/mol. The first kappa shape index (κ1) is 15.3. The summed E-state index contributed by atoms with van der Waals surface area (Å²) in [5.74, 6) is 1.94. The van der Waals surface area contributed by atoms with E-state index >= 15 is 0 Å². The summed E-state index contributed by atoms with van der Waals surface area (Å²) in [6.45, 7) is 7.55. The van der Waals surface area contributed by atoms with Crippen molar-refractivity contribution >= 4 is 11.9 Å². The first-order chi connectivity index (χ1) is 10.6. The molecule has 0 aromatic carbocycles. The number of esters is 2. The van der Waals surface area contributed by atoms with Gasteiger partial charge in [0.25, 0.3) is 0 Å². The molecule has 3 saturated carbocycles. The highest BCUT2D eigenvalue weighted by Gasteiger charge is 2.60. The van der Waals surface area contributed by atoms with Crippen molar-refractivity contribution in [1.82, 2.24) is 0 Å². The van der Waals surface area contributed by atoms with E-state index in [1.165, 1.54) is 31.4 Å². The zero-order valence-electron chi connectivity index (χ0n) is 13.0. The van der Waals surface area contributed by atoms with Crippen LogP contribution in [0.4, 0.5) is 0 Å². The van der Waals surface area contributed by atoms with Crippen LogP contribution >= 0.6 is 0 Å². The van der Waals surface area contributed by atoms with Crippen molar-refractivity contribution in [3.05, 3.63) is 25.3 Å². The Morgan fingerprint density at radius 3 is 2.18 bits per heavy atom. The average Bonchev–Trinajstić information content (AvgIpc) is 3.23. The second kappa shape index (κ2) is 5.90. The van der Waals surface area contributed by atoms with Gasteiger partial charge in [-0.15, -0.1) is 0 Å². The van der Waals surface area contributed by atoms with Gasteiger partial charge in [0.2, 0.25) is 0 Å². The summed E-state index contributed by atoms with van der Waals surface area (Å²) in [5, 5.41) is 0. The Hall–Kier alpha value is -1.58. The van der Waals surface area contributed by atoms with Gasteiger partial charge in [0.05, 0.1) is 0 Å². The first-order valence-corrected chi connectivity index (χ1v) is 8.18. The molecular formula is C18H24O4. The van der Waals surface area contributed by atoms with Crippen LogP contribution in [0.25, 0.3) is 0 Å². The Balaban J connectivity index is 1.77. The second-order valence-electron chi connectivity index (χ2n) is 7.05. The number of fused-ring (bicyclic) bond motifs is 5. The molecule has 0 aromatic rings. The van der Waals surface area contributed by atoms with E-state index in [1.807, 2.05) is 0 Å². The quantitative estimate of drug-likeness (QED) is 0.559. The Labute approximate surface area is 131 Å². The van der Waals surface area contributed by atoms with Gasteiger partial charge in [-0.2, -0.15) is 0 Å². The molecule has 3 aliphatic rings. The third-order valence-corrected chi connectivity index (χ3v) is 6.11. The van der Waals surface area contributed by atoms with Crippen LogP contribution < -0.4 is 0 Å². The zero-order valence-corrected chi connectivity index (χ0v) is 13.0. The van der Waals surface area contributed by atoms with Crippen LogP contribution in [0.1, 0.15) is 32.1 Å². The zero-order chi connectivity index (χ0) is 15.7. The van der Waals surface area contributed by atoms with Gasteiger partial charge in [0.15, 0.2) is 0 Å². The molecule has 4 unspecified atom stereocenters. The SMILES string of the molecule is C=CC(=O)OCC1(COC(=O)C=C)CCC2C3CCC(C3)C21. The smallest absolute Gasteiger partial charge is 0.330 e. The molecule has 0 spiro atoms. The molecule has 0 radical (unpaired) electrons. The average molecular weight is 304 g/mol. The van der Waals surface area contributed by atoms with E-state index in [-0.39, 0.29) is 5.41 Å². The van der Waals surface area contributed by atoms with E-state index in [9.17, 15) is 9.59 Å². The lowest BCUT2D eigenvalue weighted by molar-refractivity contribution is -0.151. The normalized spacial score (nSPS) is 34.0. The van der Waals surface area contributed by atoms with Crippen LogP contribution in [-0.2, 0) is 19.1 Å². The number of rotatable bonds is 6. The molecule has 0 heterocycles. The second-order valence-corrected chi connectivity index (χ2v) is 7.05. The molecular weight excluding hydrogens is 280 g/mol. The van der Waals surface area contributed by atoms with Crippen molar-refractivity contribution in [2.24, 2.45) is 29.1 Å². The maximum Gasteiger partial charge on any atom is 0.330 e. The minimum Gasteiger partial charge on any atom is -0.462 e. The summed E-state index contributed by atoms with van der Waals surface area (Å²) in [6, 6.07) is 0. The summed E-state index contributed by atoms with van der Waals surface area (Å²) in [4.78, 5) is 23.0. The summed E-state index contributed by atoms with van der Waals surface area (Å²) < 4.78 is 10.8. The van der Waals surface area contributed by atoms with Crippen LogP contribution in [0.15, 0.2) is 25.3 Å². The number of hydrogen-bond acceptors (Lipinski definition) is 4. The lowest BCUT2D eigenvalue weighted by Crippen LogP contribution is -2.41. The van der Waals surface area contributed by atoms with Crippen molar-refractivity contribution in [2.75, 3.05) is 13.2 Å². The Morgan fingerprint density at radius 2 is 1.59 bits per heavy atom. The molecule has 0 N–H and O–H groups in total. The summed E-state index contributed by atoms with van der Waals surface area (Å²) in [5.41, 5.74) is -0.220. The molecule has 0 aliphatic heterocycles. The fourth-order valence-electron chi connectivity index (χ4n) is 5.33. The standard InChI is InChI=1S/C18H24O4/c1-3-15(19)21-10-18(11-22-16(20)4-2)8-7-14-12-5-6-13(9-12)17(14)18/h3-4,12-14,17H,1-2,5-11H2. The highest BCUT2D eigenvalue weighted by molar-refractivity contribution is 5.81. The molecule has 4 heteroatoms. The van der Waals surface area contributed by atoms with Crippen LogP contribution in [0, 0.1) is 29.1 Å². The van der Waals surface area contributed by atoms with Crippen LogP contribution in [0.3, 0.4) is 0 Å². The Morgan fingerprint density at radius 1 is 1.00 bits per heavy atom. The molecule has 3 aliphatic carbocycles. The highest BCUT2D eigenvalue weighted by Crippen LogP contribution is 2.65. The van der Waals surface area contributed by atoms with E-state index in [4.69, 9.17) is 9.47 Å². The van der Waals surface area contributed by atoms with Gasteiger partial charge < -0.3 is 9.47 Å². The monoisotopic (exact) mass is 304 g/mol. The Kier molecular flexibility index (Phi) is 4.11. The van der Waals surface area contributed by atoms with Crippen molar-refractivity contribution < 1.29 is 19.1 Å². The third-order valence-electron chi connectivity index (χ3n) is 6.11. The molecule has 0 amide bonds. The lowest BCUT2D eigenvalue weighted by Gasteiger charge is -2.38. The van der Waals surface area contributed by atoms with Crippen LogP contribution in [0.5, 0.6) is 0 Å². The third kappa shape index (κ3) is 2.49. The van der Waals surface area contributed by atoms with Crippen molar-refractivity contribution in [2.45, 2.75) is 32.1 Å². The van der Waals surface area contributed by atoms with E-state index < -0.39 is 11.9 Å². The summed E-state index contributed by atoms with van der Waals surface area (Å²) in [6.07, 6.45) is 8.39. The number of carbonyl (C=O) groups is 2. The van der Waals surface area contributed by atoms with Gasteiger partial charge >= 0.3 is 11.9 Å². The van der Waals surface area contributed by atoms with Crippen molar-refractivity contribution in [3.63, 3.8) is 0 Å². The maximum absolute atomic E-state index is 11.5. The van der Waals surface area contributed by atoms with Crippen LogP contribution in [-0.4, -0.2) is 25.2 Å². The maximum atomic E-state index is 11.5. The van der Waals surface area contributed by atoms with Gasteiger partial charge in [-0.25, -0.2) is 9.59 Å². The van der Waals surface area contributed by atoms with Gasteiger partial charge in [0, 0.05) is 17.6 Å². The van der Waals surface area contributed by atoms with Gasteiger partial charge in [-0.1, -0.05) is 13.2 Å². The highest BCUT2D eigenvalue weighted by atomic mass is 16.5. The first-order valence-electron chi connectivity index (χ1n) is 8.18. The summed E-state index contributed by atoms with van der Waals surface area (Å²) >= 11 is 0. The van der Waals surface area contributed by atoms with Crippen molar-refractivity contribution in [1.29, 1.82) is 0 Å². The molecule has 3 fully saturated rings.